The standard InChI is InChI=1S/C17H28O2/c1-13(2)12-15(14(3)4)10-8-9-11-19-16(18)17(5,6)7/h14-15H,1,10-12H2,2-7H3. The van der Waals surface area contributed by atoms with Gasteiger partial charge in [0.05, 0.1) is 5.41 Å². The van der Waals surface area contributed by atoms with E-state index in [2.05, 4.69) is 32.3 Å². The maximum Gasteiger partial charge on any atom is 0.312 e. The number of allylic oxidation sites excluding steroid dienone is 1. The molecule has 0 aliphatic heterocycles. The Balaban J connectivity index is 4.15. The van der Waals surface area contributed by atoms with Crippen molar-refractivity contribution in [2.24, 2.45) is 17.3 Å². The Labute approximate surface area is 118 Å². The second-order valence-electron chi connectivity index (χ2n) is 6.55. The molecule has 108 valence electrons. The molecule has 0 saturated heterocycles. The highest BCUT2D eigenvalue weighted by molar-refractivity contribution is 5.75. The van der Waals surface area contributed by atoms with Gasteiger partial charge in [-0.25, -0.2) is 0 Å². The van der Waals surface area contributed by atoms with Gasteiger partial charge in [-0.1, -0.05) is 31.3 Å². The summed E-state index contributed by atoms with van der Waals surface area (Å²) in [5.41, 5.74) is 0.738. The van der Waals surface area contributed by atoms with Crippen molar-refractivity contribution in [2.75, 3.05) is 6.61 Å². The minimum atomic E-state index is -0.456. The fraction of sp³-hybridized carbons (Fsp3) is 0.706. The van der Waals surface area contributed by atoms with Gasteiger partial charge in [0, 0.05) is 6.42 Å². The van der Waals surface area contributed by atoms with E-state index in [9.17, 15) is 4.79 Å². The van der Waals surface area contributed by atoms with Gasteiger partial charge in [-0.15, -0.1) is 6.58 Å². The first-order valence-electron chi connectivity index (χ1n) is 6.92. The maximum absolute atomic E-state index is 11.5. The molecule has 1 atom stereocenters. The molecule has 0 bridgehead atoms. The molecule has 19 heavy (non-hydrogen) atoms. The molecule has 0 aromatic carbocycles. The molecule has 2 nitrogen and oxygen atoms in total. The average molecular weight is 264 g/mol. The smallest absolute Gasteiger partial charge is 0.312 e. The molecule has 0 spiro atoms. The summed E-state index contributed by atoms with van der Waals surface area (Å²) in [4.78, 5) is 11.5. The van der Waals surface area contributed by atoms with E-state index in [1.807, 2.05) is 27.7 Å². The van der Waals surface area contributed by atoms with Crippen LogP contribution in [-0.2, 0) is 9.53 Å². The predicted molar refractivity (Wildman–Crippen MR) is 80.6 cm³/mol. The monoisotopic (exact) mass is 264 g/mol. The number of ether oxygens (including phenoxy) is 1. The lowest BCUT2D eigenvalue weighted by atomic mass is 9.87. The molecule has 1 unspecified atom stereocenters. The van der Waals surface area contributed by atoms with E-state index >= 15 is 0 Å². The van der Waals surface area contributed by atoms with Gasteiger partial charge in [-0.05, 0) is 46.0 Å². The number of carbonyl (C=O) groups excluding carboxylic acids is 1. The number of esters is 1. The molecule has 0 fully saturated rings. The fourth-order valence-corrected chi connectivity index (χ4v) is 1.56. The van der Waals surface area contributed by atoms with Crippen LogP contribution in [0, 0.1) is 29.1 Å². The van der Waals surface area contributed by atoms with E-state index in [-0.39, 0.29) is 12.6 Å². The van der Waals surface area contributed by atoms with Crippen LogP contribution in [0.2, 0.25) is 0 Å². The van der Waals surface area contributed by atoms with E-state index in [1.54, 1.807) is 0 Å². The SMILES string of the molecule is C=C(C)CC(CC#CCOC(=O)C(C)(C)C)C(C)C. The summed E-state index contributed by atoms with van der Waals surface area (Å²) < 4.78 is 5.10. The zero-order valence-corrected chi connectivity index (χ0v) is 13.3. The number of hydrogen-bond acceptors (Lipinski definition) is 2. The highest BCUT2D eigenvalue weighted by atomic mass is 16.5. The predicted octanol–water partition coefficient (Wildman–Crippen LogP) is 4.21. The van der Waals surface area contributed by atoms with Crippen molar-refractivity contribution in [1.82, 2.24) is 0 Å². The van der Waals surface area contributed by atoms with E-state index in [0.717, 1.165) is 12.8 Å². The minimum Gasteiger partial charge on any atom is -0.452 e. The zero-order valence-electron chi connectivity index (χ0n) is 13.3. The number of hydrogen-bond donors (Lipinski definition) is 0. The average Bonchev–Trinajstić information content (AvgIpc) is 2.24. The number of rotatable bonds is 5. The van der Waals surface area contributed by atoms with Gasteiger partial charge in [0.25, 0.3) is 0 Å². The topological polar surface area (TPSA) is 26.3 Å². The van der Waals surface area contributed by atoms with Crippen molar-refractivity contribution in [3.8, 4) is 11.8 Å². The zero-order chi connectivity index (χ0) is 15.1. The number of carbonyl (C=O) groups is 1. The van der Waals surface area contributed by atoms with Gasteiger partial charge in [-0.3, -0.25) is 4.79 Å². The third-order valence-electron chi connectivity index (χ3n) is 2.93. The van der Waals surface area contributed by atoms with E-state index in [4.69, 9.17) is 4.74 Å². The fourth-order valence-electron chi connectivity index (χ4n) is 1.56. The Hall–Kier alpha value is -1.23. The summed E-state index contributed by atoms with van der Waals surface area (Å²) in [5.74, 6) is 6.95. The molecular formula is C17H28O2. The van der Waals surface area contributed by atoms with E-state index < -0.39 is 5.41 Å². The maximum atomic E-state index is 11.5. The third kappa shape index (κ3) is 8.48. The third-order valence-corrected chi connectivity index (χ3v) is 2.93. The van der Waals surface area contributed by atoms with Gasteiger partial charge >= 0.3 is 5.97 Å². The highest BCUT2D eigenvalue weighted by Gasteiger charge is 2.22. The first-order valence-corrected chi connectivity index (χ1v) is 6.92. The Kier molecular flexibility index (Phi) is 7.52. The van der Waals surface area contributed by atoms with Gasteiger partial charge in [0.2, 0.25) is 0 Å². The van der Waals surface area contributed by atoms with E-state index in [0.29, 0.717) is 11.8 Å². The minimum absolute atomic E-state index is 0.188. The van der Waals surface area contributed by atoms with Crippen LogP contribution in [0.15, 0.2) is 12.2 Å². The van der Waals surface area contributed by atoms with Crippen LogP contribution in [0.1, 0.15) is 54.4 Å². The molecule has 0 amide bonds. The Morgan fingerprint density at radius 3 is 2.26 bits per heavy atom. The summed E-state index contributed by atoms with van der Waals surface area (Å²) in [5, 5.41) is 0. The summed E-state index contributed by atoms with van der Waals surface area (Å²) >= 11 is 0. The molecule has 0 aromatic rings. The summed E-state index contributed by atoms with van der Waals surface area (Å²) in [6.07, 6.45) is 1.84. The van der Waals surface area contributed by atoms with Crippen LogP contribution >= 0.6 is 0 Å². The molecule has 0 aliphatic carbocycles. The van der Waals surface area contributed by atoms with Crippen molar-refractivity contribution in [3.63, 3.8) is 0 Å². The summed E-state index contributed by atoms with van der Waals surface area (Å²) in [7, 11) is 0. The molecule has 0 N–H and O–H groups in total. The van der Waals surface area contributed by atoms with Crippen LogP contribution in [0.4, 0.5) is 0 Å². The lowest BCUT2D eigenvalue weighted by molar-refractivity contribution is -0.151. The second kappa shape index (κ2) is 8.04. The quantitative estimate of drug-likeness (QED) is 0.422. The Morgan fingerprint density at radius 1 is 1.26 bits per heavy atom. The molecule has 0 radical (unpaired) electrons. The van der Waals surface area contributed by atoms with E-state index in [1.165, 1.54) is 5.57 Å². The van der Waals surface area contributed by atoms with Crippen LogP contribution in [0.25, 0.3) is 0 Å². The largest absolute Gasteiger partial charge is 0.452 e. The van der Waals surface area contributed by atoms with Crippen LogP contribution in [0.3, 0.4) is 0 Å². The van der Waals surface area contributed by atoms with Crippen LogP contribution in [-0.4, -0.2) is 12.6 Å². The Morgan fingerprint density at radius 2 is 1.84 bits per heavy atom. The van der Waals surface area contributed by atoms with Crippen molar-refractivity contribution in [1.29, 1.82) is 0 Å². The van der Waals surface area contributed by atoms with Gasteiger partial charge < -0.3 is 4.74 Å². The van der Waals surface area contributed by atoms with Gasteiger partial charge in [0.15, 0.2) is 6.61 Å². The van der Waals surface area contributed by atoms with Crippen molar-refractivity contribution < 1.29 is 9.53 Å². The first kappa shape index (κ1) is 17.8. The molecular weight excluding hydrogens is 236 g/mol. The molecule has 0 aliphatic rings. The first-order chi connectivity index (χ1) is 8.64. The van der Waals surface area contributed by atoms with Crippen molar-refractivity contribution in [3.05, 3.63) is 12.2 Å². The summed E-state index contributed by atoms with van der Waals surface area (Å²) in [6.45, 7) is 16.1. The lowest BCUT2D eigenvalue weighted by Crippen LogP contribution is -2.23. The molecule has 0 saturated carbocycles. The van der Waals surface area contributed by atoms with Crippen molar-refractivity contribution >= 4 is 5.97 Å². The summed E-state index contributed by atoms with van der Waals surface area (Å²) in [6, 6.07) is 0. The van der Waals surface area contributed by atoms with Gasteiger partial charge in [0.1, 0.15) is 0 Å². The molecule has 0 heterocycles. The lowest BCUT2D eigenvalue weighted by Gasteiger charge is -2.18. The normalized spacial score (nSPS) is 12.6. The highest BCUT2D eigenvalue weighted by Crippen LogP contribution is 2.22. The van der Waals surface area contributed by atoms with Crippen LogP contribution in [0.5, 0.6) is 0 Å². The van der Waals surface area contributed by atoms with Crippen molar-refractivity contribution in [2.45, 2.75) is 54.4 Å². The molecule has 2 heteroatoms. The second-order valence-corrected chi connectivity index (χ2v) is 6.55. The Bertz CT molecular complexity index is 361. The van der Waals surface area contributed by atoms with Gasteiger partial charge in [-0.2, -0.15) is 0 Å². The van der Waals surface area contributed by atoms with Crippen LogP contribution < -0.4 is 0 Å². The molecule has 0 aromatic heterocycles. The molecule has 0 rings (SSSR count).